The predicted molar refractivity (Wildman–Crippen MR) is 172 cm³/mol. The second kappa shape index (κ2) is 16.5. The number of hydrogen-bond acceptors (Lipinski definition) is 8. The van der Waals surface area contributed by atoms with Crippen molar-refractivity contribution in [1.82, 2.24) is 20.3 Å². The average molecular weight is 631 g/mol. The number of aryl methyl sites for hydroxylation is 2. The molecule has 5 amide bonds. The van der Waals surface area contributed by atoms with Crippen molar-refractivity contribution in [3.63, 3.8) is 0 Å². The number of aliphatic hydroxyl groups is 1. The number of carbonyl (C=O) groups excluding carboxylic acids is 3. The zero-order valence-corrected chi connectivity index (χ0v) is 27.8. The molecular weight excluding hydrogens is 580 g/mol. The summed E-state index contributed by atoms with van der Waals surface area (Å²) in [6, 6.07) is 3.70. The van der Waals surface area contributed by atoms with Gasteiger partial charge in [-0.3, -0.25) is 4.79 Å². The van der Waals surface area contributed by atoms with Crippen molar-refractivity contribution in [2.75, 3.05) is 44.0 Å². The Morgan fingerprint density at radius 2 is 1.89 bits per heavy atom. The van der Waals surface area contributed by atoms with E-state index in [0.717, 1.165) is 19.3 Å². The van der Waals surface area contributed by atoms with Crippen LogP contribution in [-0.4, -0.2) is 95.7 Å². The number of carbonyl (C=O) groups is 3. The number of aromatic nitrogens is 1. The van der Waals surface area contributed by atoms with E-state index in [4.69, 9.17) is 14.0 Å². The summed E-state index contributed by atoms with van der Waals surface area (Å²) in [5, 5.41) is 22.5. The number of anilines is 2. The van der Waals surface area contributed by atoms with E-state index in [2.05, 4.69) is 21.1 Å². The van der Waals surface area contributed by atoms with E-state index < -0.39 is 12.1 Å². The van der Waals surface area contributed by atoms with Crippen LogP contribution in [0.15, 0.2) is 22.7 Å². The molecule has 4 N–H and O–H groups in total. The fourth-order valence-corrected chi connectivity index (χ4v) is 5.11. The van der Waals surface area contributed by atoms with Crippen LogP contribution in [0.2, 0.25) is 0 Å². The fourth-order valence-electron chi connectivity index (χ4n) is 5.11. The van der Waals surface area contributed by atoms with E-state index in [1.54, 1.807) is 55.8 Å². The Kier molecular flexibility index (Phi) is 13.0. The number of nitrogens with zero attached hydrogens (tertiary/aromatic N) is 3. The van der Waals surface area contributed by atoms with Crippen molar-refractivity contribution in [1.29, 1.82) is 0 Å². The quantitative estimate of drug-likeness (QED) is 0.340. The standard InChI is InChI=1S/C32H50N6O7/c1-19(2)33-31(41)34-25-12-13-27-26(15-25)30(40)38(21(4)18-39)16-20(3)28(43-14-10-9-11-22(5)44-27)17-37(8)32(42)35-29-23(6)36-45-24(29)7/h12-13,15,19-22,28,39H,9-11,14,16-18H2,1-8H3,(H,35,42)(H2,33,34,41)/t20-,21+,22-,28-/m0/s1. The lowest BCUT2D eigenvalue weighted by molar-refractivity contribution is -0.0115. The number of urea groups is 2. The molecule has 0 radical (unpaired) electrons. The highest BCUT2D eigenvalue weighted by Crippen LogP contribution is 2.29. The lowest BCUT2D eigenvalue weighted by atomic mass is 10.0. The van der Waals surface area contributed by atoms with Gasteiger partial charge < -0.3 is 44.9 Å². The van der Waals surface area contributed by atoms with E-state index in [0.29, 0.717) is 35.2 Å². The summed E-state index contributed by atoms with van der Waals surface area (Å²) in [5.74, 6) is 0.354. The van der Waals surface area contributed by atoms with Crippen LogP contribution in [0.1, 0.15) is 75.7 Å². The molecule has 2 aromatic rings. The molecule has 1 aliphatic rings. The molecular formula is C32H50N6O7. The summed E-state index contributed by atoms with van der Waals surface area (Å²) >= 11 is 0. The topological polar surface area (TPSA) is 158 Å². The van der Waals surface area contributed by atoms with Gasteiger partial charge in [0.2, 0.25) is 0 Å². The maximum atomic E-state index is 14.2. The van der Waals surface area contributed by atoms with Gasteiger partial charge in [-0.05, 0) is 79.0 Å². The fraction of sp³-hybridized carbons (Fsp3) is 0.625. The van der Waals surface area contributed by atoms with Crippen LogP contribution < -0.4 is 20.7 Å². The first kappa shape index (κ1) is 35.6. The van der Waals surface area contributed by atoms with E-state index in [9.17, 15) is 19.5 Å². The monoisotopic (exact) mass is 630 g/mol. The molecule has 1 aromatic heterocycles. The highest BCUT2D eigenvalue weighted by molar-refractivity contribution is 5.99. The lowest BCUT2D eigenvalue weighted by Gasteiger charge is -2.35. The maximum absolute atomic E-state index is 14.2. The lowest BCUT2D eigenvalue weighted by Crippen LogP contribution is -2.48. The third-order valence-corrected chi connectivity index (χ3v) is 7.79. The number of ether oxygens (including phenoxy) is 2. The Labute approximate surface area is 266 Å². The van der Waals surface area contributed by atoms with Crippen LogP contribution >= 0.6 is 0 Å². The zero-order chi connectivity index (χ0) is 33.3. The molecule has 1 aromatic carbocycles. The van der Waals surface area contributed by atoms with Gasteiger partial charge in [0.05, 0.1) is 30.4 Å². The summed E-state index contributed by atoms with van der Waals surface area (Å²) in [6.45, 7) is 13.6. The van der Waals surface area contributed by atoms with Crippen LogP contribution in [0.4, 0.5) is 21.0 Å². The van der Waals surface area contributed by atoms with Crippen molar-refractivity contribution in [2.45, 2.75) is 92.0 Å². The van der Waals surface area contributed by atoms with Crippen LogP contribution in [-0.2, 0) is 4.74 Å². The molecule has 250 valence electrons. The van der Waals surface area contributed by atoms with Gasteiger partial charge in [0.15, 0.2) is 5.76 Å². The SMILES string of the molecule is Cc1noc(C)c1NC(=O)N(C)C[C@@H]1OCCCC[C@H](C)Oc2ccc(NC(=O)NC(C)C)cc2C(=O)N([C@H](C)CO)C[C@@H]1C. The minimum absolute atomic E-state index is 0.0633. The molecule has 13 nitrogen and oxygen atoms in total. The first-order chi connectivity index (χ1) is 21.3. The first-order valence-corrected chi connectivity index (χ1v) is 15.7. The van der Waals surface area contributed by atoms with Crippen LogP contribution in [0, 0.1) is 19.8 Å². The Morgan fingerprint density at radius 3 is 2.53 bits per heavy atom. The highest BCUT2D eigenvalue weighted by Gasteiger charge is 2.31. The molecule has 0 unspecified atom stereocenters. The number of amides is 5. The van der Waals surface area contributed by atoms with Gasteiger partial charge >= 0.3 is 12.1 Å². The molecule has 45 heavy (non-hydrogen) atoms. The summed E-state index contributed by atoms with van der Waals surface area (Å²) in [4.78, 5) is 42.9. The number of rotatable bonds is 7. The third kappa shape index (κ3) is 10.1. The number of benzene rings is 1. The van der Waals surface area contributed by atoms with Gasteiger partial charge in [-0.25, -0.2) is 9.59 Å². The Hall–Kier alpha value is -3.84. The van der Waals surface area contributed by atoms with Gasteiger partial charge in [0.1, 0.15) is 17.1 Å². The highest BCUT2D eigenvalue weighted by atomic mass is 16.5. The summed E-state index contributed by atoms with van der Waals surface area (Å²) in [7, 11) is 1.69. The minimum Gasteiger partial charge on any atom is -0.490 e. The van der Waals surface area contributed by atoms with Crippen molar-refractivity contribution >= 4 is 29.3 Å². The van der Waals surface area contributed by atoms with E-state index in [1.807, 2.05) is 27.7 Å². The van der Waals surface area contributed by atoms with Gasteiger partial charge in [-0.1, -0.05) is 12.1 Å². The molecule has 3 rings (SSSR count). The van der Waals surface area contributed by atoms with Crippen molar-refractivity contribution in [2.24, 2.45) is 5.92 Å². The molecule has 1 aliphatic heterocycles. The molecule has 2 heterocycles. The second-order valence-electron chi connectivity index (χ2n) is 12.3. The van der Waals surface area contributed by atoms with Crippen molar-refractivity contribution in [3.05, 3.63) is 35.2 Å². The number of likely N-dealkylation sites (N-methyl/N-ethyl adjacent to an activating group) is 1. The molecule has 0 spiro atoms. The van der Waals surface area contributed by atoms with E-state index in [-0.39, 0.29) is 61.3 Å². The van der Waals surface area contributed by atoms with Crippen LogP contribution in [0.25, 0.3) is 0 Å². The average Bonchev–Trinajstić information content (AvgIpc) is 3.30. The maximum Gasteiger partial charge on any atom is 0.321 e. The molecule has 0 saturated carbocycles. The van der Waals surface area contributed by atoms with Gasteiger partial charge in [0.25, 0.3) is 5.91 Å². The Balaban J connectivity index is 1.90. The van der Waals surface area contributed by atoms with Crippen LogP contribution in [0.5, 0.6) is 5.75 Å². The third-order valence-electron chi connectivity index (χ3n) is 7.79. The predicted octanol–water partition coefficient (Wildman–Crippen LogP) is 4.78. The Bertz CT molecular complexity index is 1280. The Morgan fingerprint density at radius 1 is 1.16 bits per heavy atom. The molecule has 0 fully saturated rings. The number of hydrogen-bond donors (Lipinski definition) is 4. The second-order valence-corrected chi connectivity index (χ2v) is 12.3. The van der Waals surface area contributed by atoms with Crippen molar-refractivity contribution < 1.29 is 33.5 Å². The number of nitrogens with one attached hydrogen (secondary N) is 3. The van der Waals surface area contributed by atoms with Gasteiger partial charge in [0, 0.05) is 44.4 Å². The molecule has 4 atom stereocenters. The molecule has 0 aliphatic carbocycles. The molecule has 0 bridgehead atoms. The number of fused-ring (bicyclic) bond motifs is 1. The summed E-state index contributed by atoms with van der Waals surface area (Å²) in [6.07, 6.45) is 1.79. The van der Waals surface area contributed by atoms with Gasteiger partial charge in [-0.15, -0.1) is 0 Å². The van der Waals surface area contributed by atoms with Crippen LogP contribution in [0.3, 0.4) is 0 Å². The normalized spacial score (nSPS) is 20.4. The smallest absolute Gasteiger partial charge is 0.321 e. The molecule has 0 saturated heterocycles. The van der Waals surface area contributed by atoms with E-state index in [1.165, 1.54) is 0 Å². The summed E-state index contributed by atoms with van der Waals surface area (Å²) in [5.41, 5.74) is 1.84. The van der Waals surface area contributed by atoms with Crippen molar-refractivity contribution in [3.8, 4) is 5.75 Å². The first-order valence-electron chi connectivity index (χ1n) is 15.7. The summed E-state index contributed by atoms with van der Waals surface area (Å²) < 4.78 is 17.8. The number of aliphatic hydroxyl groups excluding tert-OH is 1. The van der Waals surface area contributed by atoms with Gasteiger partial charge in [-0.2, -0.15) is 0 Å². The minimum atomic E-state index is -0.528. The zero-order valence-electron chi connectivity index (χ0n) is 27.8. The largest absolute Gasteiger partial charge is 0.490 e. The molecule has 13 heteroatoms. The van der Waals surface area contributed by atoms with E-state index >= 15 is 0 Å².